The van der Waals surface area contributed by atoms with Crippen molar-refractivity contribution >= 4 is 17.4 Å². The summed E-state index contributed by atoms with van der Waals surface area (Å²) in [6, 6.07) is 11.0. The Kier molecular flexibility index (Phi) is 4.32. The van der Waals surface area contributed by atoms with Crippen molar-refractivity contribution in [3.8, 4) is 0 Å². The van der Waals surface area contributed by atoms with Crippen molar-refractivity contribution in [2.24, 2.45) is 5.84 Å². The Morgan fingerprint density at radius 2 is 2.00 bits per heavy atom. The highest BCUT2D eigenvalue weighted by Gasteiger charge is 2.11. The van der Waals surface area contributed by atoms with Gasteiger partial charge in [0.05, 0.1) is 0 Å². The third-order valence-electron chi connectivity index (χ3n) is 3.00. The summed E-state index contributed by atoms with van der Waals surface area (Å²) < 4.78 is 0. The number of nitrogens with two attached hydrogens (primary N) is 1. The highest BCUT2D eigenvalue weighted by atomic mass is 16.1. The van der Waals surface area contributed by atoms with Gasteiger partial charge < -0.3 is 10.7 Å². The lowest BCUT2D eigenvalue weighted by atomic mass is 10.0. The van der Waals surface area contributed by atoms with Crippen LogP contribution in [0.2, 0.25) is 0 Å². The monoisotopic (exact) mass is 270 g/mol. The summed E-state index contributed by atoms with van der Waals surface area (Å²) in [5.74, 6) is 5.90. The maximum Gasteiger partial charge on any atom is 0.255 e. The fourth-order valence-corrected chi connectivity index (χ4v) is 1.96. The number of rotatable bonds is 4. The minimum absolute atomic E-state index is 0.183. The molecule has 4 N–H and O–H groups in total. The molecule has 104 valence electrons. The lowest BCUT2D eigenvalue weighted by Gasteiger charge is -2.13. The number of nitrogen functional groups attached to an aromatic ring is 1. The van der Waals surface area contributed by atoms with Crippen LogP contribution in [0.25, 0.3) is 0 Å². The van der Waals surface area contributed by atoms with Crippen molar-refractivity contribution in [1.29, 1.82) is 0 Å². The molecule has 2 rings (SSSR count). The second kappa shape index (κ2) is 6.16. The van der Waals surface area contributed by atoms with Crippen LogP contribution in [0.5, 0.6) is 0 Å². The van der Waals surface area contributed by atoms with Crippen LogP contribution < -0.4 is 16.6 Å². The Morgan fingerprint density at radius 1 is 1.25 bits per heavy atom. The number of aromatic nitrogens is 1. The zero-order valence-electron chi connectivity index (χ0n) is 11.6. The predicted molar refractivity (Wildman–Crippen MR) is 80.5 cm³/mol. The SMILES string of the molecule is CC(C)c1ccccc1NC(=O)c1ccnc(NN)c1. The van der Waals surface area contributed by atoms with E-state index in [1.54, 1.807) is 18.3 Å². The van der Waals surface area contributed by atoms with Crippen LogP contribution >= 0.6 is 0 Å². The summed E-state index contributed by atoms with van der Waals surface area (Å²) in [6.07, 6.45) is 1.54. The number of benzene rings is 1. The van der Waals surface area contributed by atoms with E-state index in [-0.39, 0.29) is 5.91 Å². The van der Waals surface area contributed by atoms with E-state index in [2.05, 4.69) is 29.6 Å². The molecular weight excluding hydrogens is 252 g/mol. The largest absolute Gasteiger partial charge is 0.322 e. The molecule has 0 saturated heterocycles. The van der Waals surface area contributed by atoms with Gasteiger partial charge in [0.15, 0.2) is 0 Å². The summed E-state index contributed by atoms with van der Waals surface area (Å²) >= 11 is 0. The fraction of sp³-hybridized carbons (Fsp3) is 0.200. The number of hydrazine groups is 1. The van der Waals surface area contributed by atoms with Crippen molar-refractivity contribution < 1.29 is 4.79 Å². The van der Waals surface area contributed by atoms with Crippen LogP contribution in [0.3, 0.4) is 0 Å². The third kappa shape index (κ3) is 3.13. The van der Waals surface area contributed by atoms with Gasteiger partial charge in [-0.2, -0.15) is 0 Å². The Labute approximate surface area is 118 Å². The quantitative estimate of drug-likeness (QED) is 0.589. The molecule has 1 aromatic carbocycles. The van der Waals surface area contributed by atoms with Gasteiger partial charge in [-0.25, -0.2) is 10.8 Å². The average Bonchev–Trinajstić information content (AvgIpc) is 2.47. The molecule has 2 aromatic rings. The molecule has 0 radical (unpaired) electrons. The van der Waals surface area contributed by atoms with Crippen LogP contribution in [-0.4, -0.2) is 10.9 Å². The van der Waals surface area contributed by atoms with Gasteiger partial charge in [0.2, 0.25) is 0 Å². The molecule has 0 bridgehead atoms. The summed E-state index contributed by atoms with van der Waals surface area (Å²) in [4.78, 5) is 16.2. The minimum Gasteiger partial charge on any atom is -0.322 e. The third-order valence-corrected chi connectivity index (χ3v) is 3.00. The van der Waals surface area contributed by atoms with E-state index in [1.807, 2.05) is 24.3 Å². The van der Waals surface area contributed by atoms with E-state index in [9.17, 15) is 4.79 Å². The number of anilines is 2. The Bertz CT molecular complexity index is 610. The molecule has 5 heteroatoms. The molecule has 1 aromatic heterocycles. The van der Waals surface area contributed by atoms with Gasteiger partial charge in [0.25, 0.3) is 5.91 Å². The number of amides is 1. The number of nitrogens with zero attached hydrogens (tertiary/aromatic N) is 1. The van der Waals surface area contributed by atoms with E-state index in [4.69, 9.17) is 5.84 Å². The summed E-state index contributed by atoms with van der Waals surface area (Å²) in [6.45, 7) is 4.18. The maximum atomic E-state index is 12.2. The molecule has 1 amide bonds. The van der Waals surface area contributed by atoms with Crippen LogP contribution in [0.4, 0.5) is 11.5 Å². The second-order valence-electron chi connectivity index (χ2n) is 4.77. The van der Waals surface area contributed by atoms with Gasteiger partial charge >= 0.3 is 0 Å². The van der Waals surface area contributed by atoms with E-state index in [0.29, 0.717) is 17.3 Å². The van der Waals surface area contributed by atoms with E-state index in [1.165, 1.54) is 0 Å². The lowest BCUT2D eigenvalue weighted by molar-refractivity contribution is 0.102. The zero-order valence-corrected chi connectivity index (χ0v) is 11.6. The number of carbonyl (C=O) groups excluding carboxylic acids is 1. The van der Waals surface area contributed by atoms with Crippen LogP contribution in [-0.2, 0) is 0 Å². The summed E-state index contributed by atoms with van der Waals surface area (Å²) in [5, 5.41) is 2.92. The van der Waals surface area contributed by atoms with Gasteiger partial charge in [-0.1, -0.05) is 32.0 Å². The molecular formula is C15H18N4O. The molecule has 5 nitrogen and oxygen atoms in total. The zero-order chi connectivity index (χ0) is 14.5. The van der Waals surface area contributed by atoms with Crippen molar-refractivity contribution in [2.45, 2.75) is 19.8 Å². The number of nitrogens with one attached hydrogen (secondary N) is 2. The molecule has 0 aliphatic carbocycles. The molecule has 0 aliphatic rings. The second-order valence-corrected chi connectivity index (χ2v) is 4.77. The Morgan fingerprint density at radius 3 is 2.70 bits per heavy atom. The normalized spacial score (nSPS) is 10.4. The Balaban J connectivity index is 2.23. The lowest BCUT2D eigenvalue weighted by Crippen LogP contribution is -2.15. The number of para-hydroxylation sites is 1. The fourth-order valence-electron chi connectivity index (χ4n) is 1.96. The molecule has 1 heterocycles. The molecule has 0 atom stereocenters. The highest BCUT2D eigenvalue weighted by Crippen LogP contribution is 2.24. The molecule has 0 fully saturated rings. The first kappa shape index (κ1) is 14.0. The van der Waals surface area contributed by atoms with Crippen LogP contribution in [0.1, 0.15) is 35.7 Å². The first-order valence-corrected chi connectivity index (χ1v) is 6.44. The molecule has 0 aliphatic heterocycles. The van der Waals surface area contributed by atoms with Crippen LogP contribution in [0.15, 0.2) is 42.6 Å². The van der Waals surface area contributed by atoms with Gasteiger partial charge in [0, 0.05) is 17.4 Å². The predicted octanol–water partition coefficient (Wildman–Crippen LogP) is 2.74. The summed E-state index contributed by atoms with van der Waals surface area (Å²) in [7, 11) is 0. The van der Waals surface area contributed by atoms with Crippen LogP contribution in [0, 0.1) is 0 Å². The number of carbonyl (C=O) groups is 1. The first-order chi connectivity index (χ1) is 9.61. The van der Waals surface area contributed by atoms with E-state index >= 15 is 0 Å². The smallest absolute Gasteiger partial charge is 0.255 e. The highest BCUT2D eigenvalue weighted by molar-refractivity contribution is 6.05. The maximum absolute atomic E-state index is 12.2. The van der Waals surface area contributed by atoms with Gasteiger partial charge in [-0.3, -0.25) is 4.79 Å². The molecule has 0 spiro atoms. The molecule has 20 heavy (non-hydrogen) atoms. The molecule has 0 saturated carbocycles. The summed E-state index contributed by atoms with van der Waals surface area (Å²) in [5.41, 5.74) is 4.86. The standard InChI is InChI=1S/C15H18N4O/c1-10(2)12-5-3-4-6-13(12)18-15(20)11-7-8-17-14(9-11)19-16/h3-10H,16H2,1-2H3,(H,17,19)(H,18,20). The topological polar surface area (TPSA) is 80.0 Å². The van der Waals surface area contributed by atoms with Gasteiger partial charge in [-0.05, 0) is 29.7 Å². The average molecular weight is 270 g/mol. The minimum atomic E-state index is -0.183. The first-order valence-electron chi connectivity index (χ1n) is 6.44. The number of hydrogen-bond acceptors (Lipinski definition) is 4. The van der Waals surface area contributed by atoms with E-state index in [0.717, 1.165) is 11.3 Å². The van der Waals surface area contributed by atoms with E-state index < -0.39 is 0 Å². The van der Waals surface area contributed by atoms with Crippen molar-refractivity contribution in [3.05, 3.63) is 53.7 Å². The molecule has 0 unspecified atom stereocenters. The van der Waals surface area contributed by atoms with Crippen molar-refractivity contribution in [1.82, 2.24) is 4.98 Å². The number of pyridine rings is 1. The number of hydrogen-bond donors (Lipinski definition) is 3. The van der Waals surface area contributed by atoms with Gasteiger partial charge in [-0.15, -0.1) is 0 Å². The Hall–Kier alpha value is -2.40. The van der Waals surface area contributed by atoms with Crippen molar-refractivity contribution in [3.63, 3.8) is 0 Å². The van der Waals surface area contributed by atoms with Gasteiger partial charge in [0.1, 0.15) is 5.82 Å². The van der Waals surface area contributed by atoms with Crippen molar-refractivity contribution in [2.75, 3.05) is 10.7 Å².